The molecule has 0 saturated heterocycles. The Balaban J connectivity index is 1.86. The summed E-state index contributed by atoms with van der Waals surface area (Å²) in [4.78, 5) is 11.5. The Kier molecular flexibility index (Phi) is 5.65. The van der Waals surface area contributed by atoms with Gasteiger partial charge < -0.3 is 9.47 Å². The lowest BCUT2D eigenvalue weighted by molar-refractivity contribution is -0.147. The Bertz CT molecular complexity index is 493. The fourth-order valence-corrected chi connectivity index (χ4v) is 3.03. The van der Waals surface area contributed by atoms with E-state index in [0.717, 1.165) is 43.6 Å². The van der Waals surface area contributed by atoms with Crippen LogP contribution in [0, 0.1) is 12.8 Å². The maximum atomic E-state index is 11.5. The highest BCUT2D eigenvalue weighted by Crippen LogP contribution is 2.29. The standard InChI is InChI=1S/C15H23ClN2O3/c1-4-18-13(14(16)10(2)17-18)9-21-12-7-5-11(6-8-12)15(19)20-3/h11-12H,4-9H2,1-3H3. The van der Waals surface area contributed by atoms with Crippen molar-refractivity contribution < 1.29 is 14.3 Å². The minimum atomic E-state index is -0.101. The number of carbonyl (C=O) groups is 1. The van der Waals surface area contributed by atoms with Gasteiger partial charge in [0.2, 0.25) is 0 Å². The van der Waals surface area contributed by atoms with E-state index in [-0.39, 0.29) is 18.0 Å². The van der Waals surface area contributed by atoms with Gasteiger partial charge in [0.25, 0.3) is 0 Å². The third-order valence-corrected chi connectivity index (χ3v) is 4.61. The molecule has 0 radical (unpaired) electrons. The van der Waals surface area contributed by atoms with Crippen LogP contribution in [-0.2, 0) is 27.4 Å². The van der Waals surface area contributed by atoms with Crippen LogP contribution >= 0.6 is 11.6 Å². The molecule has 1 fully saturated rings. The average Bonchev–Trinajstić information content (AvgIpc) is 2.79. The van der Waals surface area contributed by atoms with Crippen LogP contribution in [0.5, 0.6) is 0 Å². The first-order valence-electron chi connectivity index (χ1n) is 7.48. The van der Waals surface area contributed by atoms with Crippen LogP contribution < -0.4 is 0 Å². The summed E-state index contributed by atoms with van der Waals surface area (Å²) in [6.07, 6.45) is 3.61. The molecule has 0 aliphatic heterocycles. The van der Waals surface area contributed by atoms with Crippen LogP contribution in [0.4, 0.5) is 0 Å². The summed E-state index contributed by atoms with van der Waals surface area (Å²) in [5.74, 6) is -0.0713. The molecule has 1 heterocycles. The number of carbonyl (C=O) groups excluding carboxylic acids is 1. The minimum Gasteiger partial charge on any atom is -0.469 e. The molecule has 5 nitrogen and oxygen atoms in total. The van der Waals surface area contributed by atoms with E-state index in [1.165, 1.54) is 7.11 Å². The molecule has 0 N–H and O–H groups in total. The third-order valence-electron chi connectivity index (χ3n) is 4.12. The first kappa shape index (κ1) is 16.3. The van der Waals surface area contributed by atoms with Crippen molar-refractivity contribution in [1.82, 2.24) is 9.78 Å². The molecule has 1 aromatic rings. The molecule has 0 atom stereocenters. The number of aryl methyl sites for hydroxylation is 2. The first-order valence-corrected chi connectivity index (χ1v) is 7.85. The van der Waals surface area contributed by atoms with Crippen molar-refractivity contribution in [3.63, 3.8) is 0 Å². The zero-order chi connectivity index (χ0) is 15.4. The van der Waals surface area contributed by atoms with Gasteiger partial charge in [-0.1, -0.05) is 11.6 Å². The molecule has 1 saturated carbocycles. The van der Waals surface area contributed by atoms with E-state index < -0.39 is 0 Å². The third kappa shape index (κ3) is 3.77. The van der Waals surface area contributed by atoms with E-state index in [0.29, 0.717) is 11.6 Å². The number of ether oxygens (including phenoxy) is 2. The molecule has 0 amide bonds. The van der Waals surface area contributed by atoms with E-state index in [1.807, 2.05) is 18.5 Å². The maximum absolute atomic E-state index is 11.5. The molecular weight excluding hydrogens is 292 g/mol. The van der Waals surface area contributed by atoms with Gasteiger partial charge in [-0.25, -0.2) is 0 Å². The lowest BCUT2D eigenvalue weighted by Crippen LogP contribution is -2.27. The van der Waals surface area contributed by atoms with Gasteiger partial charge in [-0.15, -0.1) is 0 Å². The second-order valence-corrected chi connectivity index (χ2v) is 5.85. The second kappa shape index (κ2) is 7.27. The highest BCUT2D eigenvalue weighted by molar-refractivity contribution is 6.31. The molecule has 6 heteroatoms. The van der Waals surface area contributed by atoms with Gasteiger partial charge >= 0.3 is 5.97 Å². The van der Waals surface area contributed by atoms with Crippen LogP contribution in [0.3, 0.4) is 0 Å². The van der Waals surface area contributed by atoms with Gasteiger partial charge in [-0.05, 0) is 39.5 Å². The Labute approximate surface area is 130 Å². The van der Waals surface area contributed by atoms with Crippen LogP contribution in [-0.4, -0.2) is 29.0 Å². The van der Waals surface area contributed by atoms with Crippen molar-refractivity contribution in [2.45, 2.75) is 58.8 Å². The highest BCUT2D eigenvalue weighted by Gasteiger charge is 2.27. The number of hydrogen-bond acceptors (Lipinski definition) is 4. The molecule has 1 aliphatic carbocycles. The molecule has 0 aromatic carbocycles. The van der Waals surface area contributed by atoms with Gasteiger partial charge in [0.15, 0.2) is 0 Å². The van der Waals surface area contributed by atoms with Gasteiger partial charge in [-0.2, -0.15) is 5.10 Å². The zero-order valence-electron chi connectivity index (χ0n) is 12.9. The molecule has 118 valence electrons. The quantitative estimate of drug-likeness (QED) is 0.784. The molecule has 1 aromatic heterocycles. The number of esters is 1. The number of aromatic nitrogens is 2. The van der Waals surface area contributed by atoms with Crippen molar-refractivity contribution in [1.29, 1.82) is 0 Å². The van der Waals surface area contributed by atoms with Crippen LogP contribution in [0.25, 0.3) is 0 Å². The fourth-order valence-electron chi connectivity index (χ4n) is 2.84. The minimum absolute atomic E-state index is 0.0295. The van der Waals surface area contributed by atoms with Crippen molar-refractivity contribution >= 4 is 17.6 Å². The van der Waals surface area contributed by atoms with Crippen molar-refractivity contribution in [2.75, 3.05) is 7.11 Å². The summed E-state index contributed by atoms with van der Waals surface area (Å²) in [7, 11) is 1.45. The van der Waals surface area contributed by atoms with E-state index in [9.17, 15) is 4.79 Å². The Morgan fingerprint density at radius 3 is 2.62 bits per heavy atom. The average molecular weight is 315 g/mol. The lowest BCUT2D eigenvalue weighted by atomic mass is 9.87. The maximum Gasteiger partial charge on any atom is 0.308 e. The number of methoxy groups -OCH3 is 1. The number of hydrogen-bond donors (Lipinski definition) is 0. The zero-order valence-corrected chi connectivity index (χ0v) is 13.7. The summed E-state index contributed by atoms with van der Waals surface area (Å²) in [5.41, 5.74) is 1.78. The van der Waals surface area contributed by atoms with Crippen LogP contribution in [0.15, 0.2) is 0 Å². The normalized spacial score (nSPS) is 22.3. The number of nitrogens with zero attached hydrogens (tertiary/aromatic N) is 2. The number of halogens is 1. The van der Waals surface area contributed by atoms with Crippen molar-refractivity contribution in [2.24, 2.45) is 5.92 Å². The fraction of sp³-hybridized carbons (Fsp3) is 0.733. The SMILES string of the molecule is CCn1nc(C)c(Cl)c1COC1CCC(C(=O)OC)CC1. The topological polar surface area (TPSA) is 53.4 Å². The summed E-state index contributed by atoms with van der Waals surface area (Å²) in [6, 6.07) is 0. The predicted molar refractivity (Wildman–Crippen MR) is 80.2 cm³/mol. The molecule has 0 bridgehead atoms. The van der Waals surface area contributed by atoms with Crippen molar-refractivity contribution in [3.8, 4) is 0 Å². The molecule has 2 rings (SSSR count). The van der Waals surface area contributed by atoms with Gasteiger partial charge in [-0.3, -0.25) is 9.48 Å². The van der Waals surface area contributed by atoms with E-state index in [4.69, 9.17) is 21.1 Å². The molecule has 0 unspecified atom stereocenters. The largest absolute Gasteiger partial charge is 0.469 e. The van der Waals surface area contributed by atoms with E-state index >= 15 is 0 Å². The molecule has 21 heavy (non-hydrogen) atoms. The molecule has 1 aliphatic rings. The van der Waals surface area contributed by atoms with Crippen LogP contribution in [0.2, 0.25) is 5.02 Å². The number of rotatable bonds is 5. The summed E-state index contributed by atoms with van der Waals surface area (Å²) in [6.45, 7) is 5.19. The summed E-state index contributed by atoms with van der Waals surface area (Å²) < 4.78 is 12.7. The molecular formula is C15H23ClN2O3. The molecule has 0 spiro atoms. The summed E-state index contributed by atoms with van der Waals surface area (Å²) in [5, 5.41) is 5.08. The monoisotopic (exact) mass is 314 g/mol. The lowest BCUT2D eigenvalue weighted by Gasteiger charge is -2.27. The Morgan fingerprint density at radius 1 is 1.38 bits per heavy atom. The Morgan fingerprint density at radius 2 is 2.05 bits per heavy atom. The van der Waals surface area contributed by atoms with E-state index in [1.54, 1.807) is 0 Å². The van der Waals surface area contributed by atoms with E-state index in [2.05, 4.69) is 5.10 Å². The van der Waals surface area contributed by atoms with Gasteiger partial charge in [0, 0.05) is 6.54 Å². The van der Waals surface area contributed by atoms with Gasteiger partial charge in [0.05, 0.1) is 42.1 Å². The predicted octanol–water partition coefficient (Wildman–Crippen LogP) is 3.11. The smallest absolute Gasteiger partial charge is 0.308 e. The van der Waals surface area contributed by atoms with Gasteiger partial charge in [0.1, 0.15) is 0 Å². The second-order valence-electron chi connectivity index (χ2n) is 5.47. The van der Waals surface area contributed by atoms with Crippen molar-refractivity contribution in [3.05, 3.63) is 16.4 Å². The summed E-state index contributed by atoms with van der Waals surface area (Å²) >= 11 is 6.27. The first-order chi connectivity index (χ1) is 10.1. The van der Waals surface area contributed by atoms with Crippen LogP contribution in [0.1, 0.15) is 44.0 Å². The Hall–Kier alpha value is -1.07. The highest BCUT2D eigenvalue weighted by atomic mass is 35.5.